The van der Waals surface area contributed by atoms with Crippen LogP contribution in [0.3, 0.4) is 0 Å². The van der Waals surface area contributed by atoms with E-state index in [9.17, 15) is 0 Å². The fourth-order valence-corrected chi connectivity index (χ4v) is 3.11. The highest BCUT2D eigenvalue weighted by Crippen LogP contribution is 2.28. The molecule has 2 aromatic rings. The van der Waals surface area contributed by atoms with Crippen molar-refractivity contribution >= 4 is 5.69 Å². The minimum Gasteiger partial charge on any atom is -0.384 e. The molecular weight excluding hydrogens is 242 g/mol. The number of hydrogen-bond donors (Lipinski definition) is 1. The third-order valence-corrected chi connectivity index (χ3v) is 4.36. The second-order valence-corrected chi connectivity index (χ2v) is 5.84. The van der Waals surface area contributed by atoms with Crippen LogP contribution >= 0.6 is 0 Å². The molecule has 0 aromatic heterocycles. The summed E-state index contributed by atoms with van der Waals surface area (Å²) >= 11 is 0. The van der Waals surface area contributed by atoms with Gasteiger partial charge in [0.15, 0.2) is 0 Å². The molecule has 0 saturated carbocycles. The molecule has 3 rings (SSSR count). The standard InChI is InChI=1S/C19H23N/c1-15(16-8-3-2-4-9-16)14-20-19-13-7-11-17-10-5-6-12-18(17)19/h2-4,7-9,11,13,15,20H,5-6,10,12,14H2,1H3. The highest BCUT2D eigenvalue weighted by Gasteiger charge is 2.13. The minimum absolute atomic E-state index is 0.538. The van der Waals surface area contributed by atoms with Crippen molar-refractivity contribution in [1.82, 2.24) is 0 Å². The Morgan fingerprint density at radius 2 is 1.75 bits per heavy atom. The van der Waals surface area contributed by atoms with Gasteiger partial charge in [0.05, 0.1) is 0 Å². The molecule has 1 N–H and O–H groups in total. The summed E-state index contributed by atoms with van der Waals surface area (Å²) in [5.74, 6) is 0.538. The number of rotatable bonds is 4. The largest absolute Gasteiger partial charge is 0.384 e. The Morgan fingerprint density at radius 3 is 2.60 bits per heavy atom. The minimum atomic E-state index is 0.538. The summed E-state index contributed by atoms with van der Waals surface area (Å²) in [5.41, 5.74) is 5.86. The first-order chi connectivity index (χ1) is 9.84. The fraction of sp³-hybridized carbons (Fsp3) is 0.368. The molecule has 1 heteroatoms. The summed E-state index contributed by atoms with van der Waals surface area (Å²) in [4.78, 5) is 0. The van der Waals surface area contributed by atoms with Crippen LogP contribution < -0.4 is 5.32 Å². The normalized spacial score (nSPS) is 15.4. The molecule has 0 spiro atoms. The van der Waals surface area contributed by atoms with Gasteiger partial charge in [0.1, 0.15) is 0 Å². The highest BCUT2D eigenvalue weighted by molar-refractivity contribution is 5.55. The molecule has 1 nitrogen and oxygen atoms in total. The Kier molecular flexibility index (Phi) is 4.05. The summed E-state index contributed by atoms with van der Waals surface area (Å²) in [7, 11) is 0. The molecule has 20 heavy (non-hydrogen) atoms. The Labute approximate surface area is 122 Å². The van der Waals surface area contributed by atoms with Gasteiger partial charge in [-0.15, -0.1) is 0 Å². The Morgan fingerprint density at radius 1 is 0.950 bits per heavy atom. The number of aryl methyl sites for hydroxylation is 1. The molecule has 0 heterocycles. The van der Waals surface area contributed by atoms with Gasteiger partial charge in [-0.1, -0.05) is 49.4 Å². The lowest BCUT2D eigenvalue weighted by Gasteiger charge is -2.21. The van der Waals surface area contributed by atoms with Gasteiger partial charge in [0, 0.05) is 12.2 Å². The zero-order valence-corrected chi connectivity index (χ0v) is 12.2. The second kappa shape index (κ2) is 6.13. The van der Waals surface area contributed by atoms with Crippen LogP contribution in [0.15, 0.2) is 48.5 Å². The van der Waals surface area contributed by atoms with Crippen LogP contribution in [0.1, 0.15) is 42.4 Å². The van der Waals surface area contributed by atoms with E-state index in [-0.39, 0.29) is 0 Å². The van der Waals surface area contributed by atoms with Gasteiger partial charge >= 0.3 is 0 Å². The van der Waals surface area contributed by atoms with Crippen LogP contribution in [0.5, 0.6) is 0 Å². The Hall–Kier alpha value is -1.76. The maximum atomic E-state index is 3.67. The summed E-state index contributed by atoms with van der Waals surface area (Å²) in [6.07, 6.45) is 5.16. The van der Waals surface area contributed by atoms with Crippen LogP contribution in [-0.2, 0) is 12.8 Å². The summed E-state index contributed by atoms with van der Waals surface area (Å²) < 4.78 is 0. The van der Waals surface area contributed by atoms with E-state index in [4.69, 9.17) is 0 Å². The molecule has 0 bridgehead atoms. The first-order valence-electron chi connectivity index (χ1n) is 7.74. The summed E-state index contributed by atoms with van der Waals surface area (Å²) in [5, 5.41) is 3.67. The lowest BCUT2D eigenvalue weighted by Crippen LogP contribution is -2.13. The van der Waals surface area contributed by atoms with Crippen LogP contribution in [0.25, 0.3) is 0 Å². The quantitative estimate of drug-likeness (QED) is 0.838. The molecule has 1 aliphatic carbocycles. The van der Waals surface area contributed by atoms with E-state index in [1.165, 1.54) is 36.9 Å². The van der Waals surface area contributed by atoms with E-state index in [1.54, 1.807) is 11.1 Å². The maximum absolute atomic E-state index is 3.67. The zero-order chi connectivity index (χ0) is 13.8. The zero-order valence-electron chi connectivity index (χ0n) is 12.2. The van der Waals surface area contributed by atoms with Crippen LogP contribution in [-0.4, -0.2) is 6.54 Å². The molecule has 104 valence electrons. The molecule has 0 amide bonds. The van der Waals surface area contributed by atoms with E-state index in [1.807, 2.05) is 0 Å². The molecule has 2 aromatic carbocycles. The van der Waals surface area contributed by atoms with Gasteiger partial charge < -0.3 is 5.32 Å². The Balaban J connectivity index is 1.70. The molecule has 1 atom stereocenters. The Bertz CT molecular complexity index is 559. The third kappa shape index (κ3) is 2.87. The molecule has 0 saturated heterocycles. The van der Waals surface area contributed by atoms with Gasteiger partial charge in [-0.05, 0) is 54.4 Å². The average Bonchev–Trinajstić information content (AvgIpc) is 2.53. The summed E-state index contributed by atoms with van der Waals surface area (Å²) in [6, 6.07) is 17.5. The van der Waals surface area contributed by atoms with E-state index in [0.29, 0.717) is 5.92 Å². The van der Waals surface area contributed by atoms with Crippen molar-refractivity contribution in [2.45, 2.75) is 38.5 Å². The van der Waals surface area contributed by atoms with Gasteiger partial charge in [0.2, 0.25) is 0 Å². The van der Waals surface area contributed by atoms with Crippen LogP contribution in [0, 0.1) is 0 Å². The van der Waals surface area contributed by atoms with Crippen molar-refractivity contribution in [2.24, 2.45) is 0 Å². The number of benzene rings is 2. The molecule has 0 fully saturated rings. The monoisotopic (exact) mass is 265 g/mol. The van der Waals surface area contributed by atoms with Gasteiger partial charge in [-0.25, -0.2) is 0 Å². The topological polar surface area (TPSA) is 12.0 Å². The van der Waals surface area contributed by atoms with E-state index < -0.39 is 0 Å². The van der Waals surface area contributed by atoms with Crippen molar-refractivity contribution in [3.63, 3.8) is 0 Å². The number of hydrogen-bond acceptors (Lipinski definition) is 1. The van der Waals surface area contributed by atoms with Crippen molar-refractivity contribution in [3.05, 3.63) is 65.2 Å². The lowest BCUT2D eigenvalue weighted by molar-refractivity contribution is 0.685. The second-order valence-electron chi connectivity index (χ2n) is 5.84. The van der Waals surface area contributed by atoms with Gasteiger partial charge in [0.25, 0.3) is 0 Å². The van der Waals surface area contributed by atoms with Crippen LogP contribution in [0.2, 0.25) is 0 Å². The van der Waals surface area contributed by atoms with E-state index in [2.05, 4.69) is 60.8 Å². The predicted molar refractivity (Wildman–Crippen MR) is 86.4 cm³/mol. The number of nitrogens with one attached hydrogen (secondary N) is 1. The maximum Gasteiger partial charge on any atom is 0.0375 e. The third-order valence-electron chi connectivity index (χ3n) is 4.36. The molecule has 0 aliphatic heterocycles. The van der Waals surface area contributed by atoms with Crippen LogP contribution in [0.4, 0.5) is 5.69 Å². The smallest absolute Gasteiger partial charge is 0.0375 e. The van der Waals surface area contributed by atoms with E-state index in [0.717, 1.165) is 6.54 Å². The first kappa shape index (κ1) is 13.2. The average molecular weight is 265 g/mol. The highest BCUT2D eigenvalue weighted by atomic mass is 14.9. The predicted octanol–water partition coefficient (Wildman–Crippen LogP) is 4.78. The molecular formula is C19H23N. The van der Waals surface area contributed by atoms with Gasteiger partial charge in [-0.3, -0.25) is 0 Å². The van der Waals surface area contributed by atoms with Crippen molar-refractivity contribution in [1.29, 1.82) is 0 Å². The van der Waals surface area contributed by atoms with Crippen molar-refractivity contribution < 1.29 is 0 Å². The van der Waals surface area contributed by atoms with Crippen molar-refractivity contribution in [3.8, 4) is 0 Å². The lowest BCUT2D eigenvalue weighted by atomic mass is 9.90. The van der Waals surface area contributed by atoms with E-state index >= 15 is 0 Å². The molecule has 0 radical (unpaired) electrons. The molecule has 1 aliphatic rings. The fourth-order valence-electron chi connectivity index (χ4n) is 3.11. The number of fused-ring (bicyclic) bond motifs is 1. The molecule has 1 unspecified atom stereocenters. The number of anilines is 1. The summed E-state index contributed by atoms with van der Waals surface area (Å²) in [6.45, 7) is 3.29. The van der Waals surface area contributed by atoms with Crippen molar-refractivity contribution in [2.75, 3.05) is 11.9 Å². The first-order valence-corrected chi connectivity index (χ1v) is 7.74. The van der Waals surface area contributed by atoms with Gasteiger partial charge in [-0.2, -0.15) is 0 Å². The SMILES string of the molecule is CC(CNc1cccc2c1CCCC2)c1ccccc1.